The van der Waals surface area contributed by atoms with E-state index in [0.29, 0.717) is 17.4 Å². The van der Waals surface area contributed by atoms with E-state index in [4.69, 9.17) is 8.83 Å². The fourth-order valence-electron chi connectivity index (χ4n) is 1.84. The van der Waals surface area contributed by atoms with E-state index < -0.39 is 10.8 Å². The van der Waals surface area contributed by atoms with Crippen LogP contribution in [-0.2, 0) is 22.3 Å². The minimum atomic E-state index is -1.09. The van der Waals surface area contributed by atoms with Crippen molar-refractivity contribution in [2.45, 2.75) is 25.4 Å². The van der Waals surface area contributed by atoms with Gasteiger partial charge >= 0.3 is 0 Å². The quantitative estimate of drug-likeness (QED) is 0.719. The summed E-state index contributed by atoms with van der Waals surface area (Å²) < 4.78 is 22.9. The predicted molar refractivity (Wildman–Crippen MR) is 81.3 cm³/mol. The van der Waals surface area contributed by atoms with Crippen molar-refractivity contribution in [3.8, 4) is 10.8 Å². The number of aromatic nitrogens is 2. The molecule has 0 N–H and O–H groups in total. The zero-order chi connectivity index (χ0) is 14.8. The van der Waals surface area contributed by atoms with Gasteiger partial charge < -0.3 is 8.83 Å². The van der Waals surface area contributed by atoms with E-state index in [1.54, 1.807) is 6.26 Å². The third-order valence-corrected chi connectivity index (χ3v) is 5.04. The van der Waals surface area contributed by atoms with Crippen LogP contribution in [-0.4, -0.2) is 14.2 Å². The number of nitrogens with zero attached hydrogens (tertiary/aromatic N) is 2. The van der Waals surface area contributed by atoms with Crippen molar-refractivity contribution in [2.24, 2.45) is 0 Å². The van der Waals surface area contributed by atoms with Crippen molar-refractivity contribution in [1.82, 2.24) is 9.97 Å². The van der Waals surface area contributed by atoms with Gasteiger partial charge in [0.15, 0.2) is 10.8 Å². The third kappa shape index (κ3) is 3.30. The van der Waals surface area contributed by atoms with Gasteiger partial charge in [0.25, 0.3) is 0 Å². The van der Waals surface area contributed by atoms with Gasteiger partial charge in [0, 0.05) is 16.2 Å². The van der Waals surface area contributed by atoms with Crippen LogP contribution < -0.4 is 0 Å². The minimum Gasteiger partial charge on any atom is -0.462 e. The Morgan fingerprint density at radius 1 is 1.29 bits per heavy atom. The number of hydrogen-bond acceptors (Lipinski definition) is 6. The number of rotatable bonds is 5. The maximum absolute atomic E-state index is 12.2. The van der Waals surface area contributed by atoms with Gasteiger partial charge in [0.1, 0.15) is 11.5 Å². The lowest BCUT2D eigenvalue weighted by atomic mass is 10.4. The molecule has 0 fully saturated rings. The fraction of sp³-hybridized carbons (Fsp3) is 0.286. The van der Waals surface area contributed by atoms with Gasteiger partial charge in [-0.1, -0.05) is 0 Å². The molecule has 5 nitrogen and oxygen atoms in total. The monoisotopic (exact) mass is 322 g/mol. The standard InChI is InChI=1S/C14H14N2O3S2/c1-9-10(2)19-13(15-9)8-21(17)7-11-6-20-14(16-11)12-4-3-5-18-12/h3-6H,7-8H2,1-2H3/t21-/m0/s1. The lowest BCUT2D eigenvalue weighted by Crippen LogP contribution is -2.00. The van der Waals surface area contributed by atoms with Gasteiger partial charge in [-0.25, -0.2) is 9.97 Å². The van der Waals surface area contributed by atoms with Gasteiger partial charge in [0.2, 0.25) is 5.89 Å². The van der Waals surface area contributed by atoms with E-state index in [9.17, 15) is 4.21 Å². The molecule has 0 amide bonds. The first-order chi connectivity index (χ1) is 10.1. The summed E-state index contributed by atoms with van der Waals surface area (Å²) in [6.45, 7) is 3.73. The molecule has 0 radical (unpaired) electrons. The topological polar surface area (TPSA) is 69.1 Å². The summed E-state index contributed by atoms with van der Waals surface area (Å²) in [5, 5.41) is 2.71. The molecule has 3 rings (SSSR count). The van der Waals surface area contributed by atoms with Crippen LogP contribution in [0, 0.1) is 13.8 Å². The molecule has 7 heteroatoms. The third-order valence-electron chi connectivity index (χ3n) is 2.95. The highest BCUT2D eigenvalue weighted by molar-refractivity contribution is 7.83. The second kappa shape index (κ2) is 5.95. The maximum atomic E-state index is 12.2. The number of hydrogen-bond donors (Lipinski definition) is 0. The molecule has 21 heavy (non-hydrogen) atoms. The molecule has 0 aliphatic heterocycles. The van der Waals surface area contributed by atoms with Gasteiger partial charge in [-0.05, 0) is 26.0 Å². The predicted octanol–water partition coefficient (Wildman–Crippen LogP) is 3.46. The number of aryl methyl sites for hydroxylation is 2. The first-order valence-electron chi connectivity index (χ1n) is 6.38. The average Bonchev–Trinajstić information content (AvgIpc) is 3.12. The molecule has 0 aliphatic carbocycles. The van der Waals surface area contributed by atoms with Crippen molar-refractivity contribution < 1.29 is 13.0 Å². The van der Waals surface area contributed by atoms with Gasteiger partial charge in [-0.15, -0.1) is 11.3 Å². The molecular formula is C14H14N2O3S2. The first-order valence-corrected chi connectivity index (χ1v) is 8.75. The van der Waals surface area contributed by atoms with Crippen molar-refractivity contribution >= 4 is 22.1 Å². The summed E-state index contributed by atoms with van der Waals surface area (Å²) in [6.07, 6.45) is 1.61. The smallest absolute Gasteiger partial charge is 0.207 e. The molecule has 0 aliphatic rings. The van der Waals surface area contributed by atoms with Crippen molar-refractivity contribution in [3.63, 3.8) is 0 Å². The molecule has 0 unspecified atom stereocenters. The summed E-state index contributed by atoms with van der Waals surface area (Å²) in [6, 6.07) is 3.68. The van der Waals surface area contributed by atoms with Crippen LogP contribution in [0.4, 0.5) is 0 Å². The van der Waals surface area contributed by atoms with Gasteiger partial charge in [0.05, 0.1) is 23.4 Å². The Morgan fingerprint density at radius 2 is 2.14 bits per heavy atom. The second-order valence-electron chi connectivity index (χ2n) is 4.60. The zero-order valence-corrected chi connectivity index (χ0v) is 13.3. The normalized spacial score (nSPS) is 12.7. The van der Waals surface area contributed by atoms with E-state index in [2.05, 4.69) is 9.97 Å². The Hall–Kier alpha value is -1.73. The van der Waals surface area contributed by atoms with E-state index in [1.165, 1.54) is 11.3 Å². The molecule has 0 saturated heterocycles. The Labute approximate surface area is 128 Å². The van der Waals surface area contributed by atoms with E-state index >= 15 is 0 Å². The molecule has 1 atom stereocenters. The van der Waals surface area contributed by atoms with Crippen LogP contribution in [0.3, 0.4) is 0 Å². The molecule has 3 heterocycles. The largest absolute Gasteiger partial charge is 0.462 e. The summed E-state index contributed by atoms with van der Waals surface area (Å²) in [5.41, 5.74) is 1.64. The SMILES string of the molecule is Cc1nc(C[S@@](=O)Cc2csc(-c3ccco3)n2)oc1C. The summed E-state index contributed by atoms with van der Waals surface area (Å²) >= 11 is 1.48. The number of furan rings is 1. The molecule has 3 aromatic rings. The Bertz CT molecular complexity index is 740. The van der Waals surface area contributed by atoms with E-state index in [-0.39, 0.29) is 0 Å². The highest BCUT2D eigenvalue weighted by Crippen LogP contribution is 2.24. The first kappa shape index (κ1) is 14.2. The molecule has 3 aromatic heterocycles. The Morgan fingerprint density at radius 3 is 2.81 bits per heavy atom. The molecule has 0 bridgehead atoms. The Kier molecular flexibility index (Phi) is 4.03. The molecule has 0 aromatic carbocycles. The van der Waals surface area contributed by atoms with Crippen LogP contribution in [0.25, 0.3) is 10.8 Å². The zero-order valence-electron chi connectivity index (χ0n) is 11.7. The van der Waals surface area contributed by atoms with Crippen LogP contribution >= 0.6 is 11.3 Å². The molecule has 110 valence electrons. The second-order valence-corrected chi connectivity index (χ2v) is 6.91. The van der Waals surface area contributed by atoms with Crippen molar-refractivity contribution in [2.75, 3.05) is 0 Å². The lowest BCUT2D eigenvalue weighted by Gasteiger charge is -1.96. The number of thiazole rings is 1. The summed E-state index contributed by atoms with van der Waals surface area (Å²) in [5.74, 6) is 2.72. The van der Waals surface area contributed by atoms with Crippen LogP contribution in [0.15, 0.2) is 32.6 Å². The van der Waals surface area contributed by atoms with Crippen LogP contribution in [0.2, 0.25) is 0 Å². The van der Waals surface area contributed by atoms with Crippen molar-refractivity contribution in [1.29, 1.82) is 0 Å². The molecule has 0 saturated carbocycles. The molecular weight excluding hydrogens is 308 g/mol. The number of oxazole rings is 1. The van der Waals surface area contributed by atoms with Crippen molar-refractivity contribution in [3.05, 3.63) is 46.8 Å². The highest BCUT2D eigenvalue weighted by Gasteiger charge is 2.13. The fourth-order valence-corrected chi connectivity index (χ4v) is 3.71. The molecule has 0 spiro atoms. The van der Waals surface area contributed by atoms with Crippen LogP contribution in [0.1, 0.15) is 23.0 Å². The average molecular weight is 322 g/mol. The Balaban J connectivity index is 1.65. The van der Waals surface area contributed by atoms with E-state index in [1.807, 2.05) is 31.4 Å². The lowest BCUT2D eigenvalue weighted by molar-refractivity contribution is 0.487. The maximum Gasteiger partial charge on any atom is 0.207 e. The van der Waals surface area contributed by atoms with E-state index in [0.717, 1.165) is 27.9 Å². The highest BCUT2D eigenvalue weighted by atomic mass is 32.2. The summed E-state index contributed by atoms with van der Waals surface area (Å²) in [7, 11) is -1.09. The summed E-state index contributed by atoms with van der Waals surface area (Å²) in [4.78, 5) is 8.68. The minimum absolute atomic E-state index is 0.308. The van der Waals surface area contributed by atoms with Gasteiger partial charge in [-0.2, -0.15) is 0 Å². The van der Waals surface area contributed by atoms with Crippen LogP contribution in [0.5, 0.6) is 0 Å². The van der Waals surface area contributed by atoms with Gasteiger partial charge in [-0.3, -0.25) is 4.21 Å².